The van der Waals surface area contributed by atoms with Crippen molar-refractivity contribution < 1.29 is 0 Å². The number of benzene rings is 7. The summed E-state index contributed by atoms with van der Waals surface area (Å²) in [4.78, 5) is 2.58. The molecule has 3 nitrogen and oxygen atoms in total. The SMILES string of the molecule is C1=CC2=[N+](c3cc(-c4ccccc4)cc(-c4ccccc4)c3)c3ccccc3N3c4cc5c(cc4C(=C1)C23)c1ccccc1n5-c1ccccc1. The summed E-state index contributed by atoms with van der Waals surface area (Å²) < 4.78 is 4.93. The molecule has 1 aromatic heterocycles. The van der Waals surface area contributed by atoms with Crippen molar-refractivity contribution in [1.29, 1.82) is 0 Å². The fourth-order valence-corrected chi connectivity index (χ4v) is 8.61. The first kappa shape index (κ1) is 28.2. The summed E-state index contributed by atoms with van der Waals surface area (Å²) in [6, 6.07) is 61.9. The molecule has 0 spiro atoms. The minimum atomic E-state index is 0.0448. The number of nitrogens with zero attached hydrogens (tertiary/aromatic N) is 3. The Balaban J connectivity index is 1.17. The van der Waals surface area contributed by atoms with Crippen LogP contribution >= 0.6 is 0 Å². The molecular weight excluding hydrogens is 619 g/mol. The molecule has 0 N–H and O–H groups in total. The molecule has 3 aliphatic rings. The second-order valence-corrected chi connectivity index (χ2v) is 13.6. The van der Waals surface area contributed by atoms with E-state index in [0.717, 1.165) is 5.69 Å². The fourth-order valence-electron chi connectivity index (χ4n) is 8.61. The molecule has 0 saturated heterocycles. The third-order valence-corrected chi connectivity index (χ3v) is 10.8. The number of rotatable bonds is 4. The van der Waals surface area contributed by atoms with Crippen molar-refractivity contribution in [2.45, 2.75) is 6.04 Å². The quantitative estimate of drug-likeness (QED) is 0.173. The Kier molecular flexibility index (Phi) is 6.02. The predicted octanol–water partition coefficient (Wildman–Crippen LogP) is 11.9. The third kappa shape index (κ3) is 4.15. The van der Waals surface area contributed by atoms with Gasteiger partial charge in [-0.15, -0.1) is 0 Å². The molecule has 7 aromatic carbocycles. The van der Waals surface area contributed by atoms with Crippen LogP contribution in [0.5, 0.6) is 0 Å². The average Bonchev–Trinajstić information content (AvgIpc) is 3.71. The topological polar surface area (TPSA) is 11.2 Å². The molecule has 0 amide bonds. The van der Waals surface area contributed by atoms with E-state index in [2.05, 4.69) is 202 Å². The van der Waals surface area contributed by atoms with Gasteiger partial charge < -0.3 is 9.47 Å². The minimum Gasteiger partial charge on any atom is -0.318 e. The van der Waals surface area contributed by atoms with E-state index in [1.807, 2.05) is 0 Å². The smallest absolute Gasteiger partial charge is 0.235 e. The van der Waals surface area contributed by atoms with Crippen molar-refractivity contribution in [2.24, 2.45) is 0 Å². The molecule has 8 aromatic rings. The van der Waals surface area contributed by atoms with Gasteiger partial charge in [-0.3, -0.25) is 0 Å². The Morgan fingerprint density at radius 1 is 0.490 bits per heavy atom. The van der Waals surface area contributed by atoms with E-state index >= 15 is 0 Å². The maximum absolute atomic E-state index is 2.58. The number of anilines is 2. The monoisotopic (exact) mass is 650 g/mol. The van der Waals surface area contributed by atoms with Crippen molar-refractivity contribution in [2.75, 3.05) is 4.90 Å². The molecule has 51 heavy (non-hydrogen) atoms. The highest BCUT2D eigenvalue weighted by atomic mass is 15.3. The third-order valence-electron chi connectivity index (χ3n) is 10.8. The van der Waals surface area contributed by atoms with Gasteiger partial charge in [0.1, 0.15) is 11.7 Å². The number of hydrogen-bond donors (Lipinski definition) is 0. The van der Waals surface area contributed by atoms with Crippen LogP contribution in [-0.2, 0) is 0 Å². The first-order valence-electron chi connectivity index (χ1n) is 17.6. The molecule has 0 bridgehead atoms. The fraction of sp³-hybridized carbons (Fsp3) is 0.0208. The summed E-state index contributed by atoms with van der Waals surface area (Å²) in [5.74, 6) is 0. The number of hydrogen-bond acceptors (Lipinski definition) is 1. The first-order chi connectivity index (χ1) is 25.3. The van der Waals surface area contributed by atoms with Crippen LogP contribution in [-0.4, -0.2) is 16.3 Å². The zero-order chi connectivity index (χ0) is 33.5. The van der Waals surface area contributed by atoms with Gasteiger partial charge in [0, 0.05) is 46.3 Å². The van der Waals surface area contributed by atoms with Crippen molar-refractivity contribution >= 4 is 55.8 Å². The minimum absolute atomic E-state index is 0.0448. The van der Waals surface area contributed by atoms with Gasteiger partial charge in [-0.2, -0.15) is 4.58 Å². The summed E-state index contributed by atoms with van der Waals surface area (Å²) in [5.41, 5.74) is 17.1. The van der Waals surface area contributed by atoms with Gasteiger partial charge in [0.2, 0.25) is 17.1 Å². The van der Waals surface area contributed by atoms with E-state index in [4.69, 9.17) is 0 Å². The number of fused-ring (bicyclic) bond motifs is 8. The second-order valence-electron chi connectivity index (χ2n) is 13.6. The lowest BCUT2D eigenvalue weighted by atomic mass is 9.91. The molecule has 0 radical (unpaired) electrons. The van der Waals surface area contributed by atoms with E-state index in [-0.39, 0.29) is 6.04 Å². The Hall–Kier alpha value is -6.71. The van der Waals surface area contributed by atoms with E-state index in [1.54, 1.807) is 0 Å². The Morgan fingerprint density at radius 2 is 1.14 bits per heavy atom. The van der Waals surface area contributed by atoms with Gasteiger partial charge in [-0.05, 0) is 70.3 Å². The molecule has 0 saturated carbocycles. The van der Waals surface area contributed by atoms with Gasteiger partial charge in [0.25, 0.3) is 0 Å². The summed E-state index contributed by atoms with van der Waals surface area (Å²) in [5, 5.41) is 2.55. The Bertz CT molecular complexity index is 2730. The lowest BCUT2D eigenvalue weighted by Gasteiger charge is -2.32. The van der Waals surface area contributed by atoms with Crippen LogP contribution in [0.3, 0.4) is 0 Å². The Labute approximate surface area is 296 Å². The molecule has 238 valence electrons. The molecule has 1 unspecified atom stereocenters. The standard InChI is InChI=1S/C48H32N3/c1-4-15-32(16-5-1)34-27-35(33-17-6-2-7-18-33)29-37(28-34)50-43-24-12-13-25-44(43)51-47-31-46-40(30-41(47)39-22-14-26-45(50)48(39)51)38-21-10-11-23-42(38)49(46)36-19-8-3-9-20-36/h1-31,48H/q+1. The zero-order valence-corrected chi connectivity index (χ0v) is 27.8. The summed E-state index contributed by atoms with van der Waals surface area (Å²) in [7, 11) is 0. The van der Waals surface area contributed by atoms with Crippen LogP contribution < -0.4 is 9.48 Å². The second kappa shape index (κ2) is 10.9. The van der Waals surface area contributed by atoms with Gasteiger partial charge >= 0.3 is 0 Å². The molecule has 1 aliphatic carbocycles. The normalized spacial score (nSPS) is 15.6. The van der Waals surface area contributed by atoms with Crippen LogP contribution in [0.2, 0.25) is 0 Å². The van der Waals surface area contributed by atoms with Crippen LogP contribution in [0.4, 0.5) is 22.7 Å². The average molecular weight is 651 g/mol. The summed E-state index contributed by atoms with van der Waals surface area (Å²) in [6.07, 6.45) is 6.89. The van der Waals surface area contributed by atoms with Crippen LogP contribution in [0.1, 0.15) is 5.56 Å². The summed E-state index contributed by atoms with van der Waals surface area (Å²) >= 11 is 0. The molecule has 3 heterocycles. The lowest BCUT2D eigenvalue weighted by Crippen LogP contribution is -2.43. The highest BCUT2D eigenvalue weighted by Crippen LogP contribution is 2.54. The Morgan fingerprint density at radius 3 is 1.88 bits per heavy atom. The molecule has 0 fully saturated rings. The summed E-state index contributed by atoms with van der Waals surface area (Å²) in [6.45, 7) is 0. The predicted molar refractivity (Wildman–Crippen MR) is 214 cm³/mol. The number of allylic oxidation sites excluding steroid dienone is 2. The zero-order valence-electron chi connectivity index (χ0n) is 27.8. The molecule has 2 aliphatic heterocycles. The molecular formula is C48H32N3+. The molecule has 1 atom stereocenters. The van der Waals surface area contributed by atoms with E-state index in [1.165, 1.54) is 83.7 Å². The van der Waals surface area contributed by atoms with Gasteiger partial charge in [0.15, 0.2) is 0 Å². The maximum atomic E-state index is 2.58. The van der Waals surface area contributed by atoms with E-state index in [9.17, 15) is 0 Å². The van der Waals surface area contributed by atoms with Crippen LogP contribution in [0, 0.1) is 0 Å². The largest absolute Gasteiger partial charge is 0.318 e. The lowest BCUT2D eigenvalue weighted by molar-refractivity contribution is 0.932. The van der Waals surface area contributed by atoms with Crippen LogP contribution in [0.25, 0.3) is 55.3 Å². The maximum Gasteiger partial charge on any atom is 0.235 e. The van der Waals surface area contributed by atoms with Gasteiger partial charge in [-0.25, -0.2) is 0 Å². The van der Waals surface area contributed by atoms with Crippen molar-refractivity contribution in [3.63, 3.8) is 0 Å². The first-order valence-corrected chi connectivity index (χ1v) is 17.6. The van der Waals surface area contributed by atoms with Crippen molar-refractivity contribution in [3.8, 4) is 27.9 Å². The molecule has 11 rings (SSSR count). The van der Waals surface area contributed by atoms with Crippen molar-refractivity contribution in [3.05, 3.63) is 194 Å². The molecule has 3 heteroatoms. The number of aromatic nitrogens is 1. The number of para-hydroxylation sites is 4. The van der Waals surface area contributed by atoms with E-state index < -0.39 is 0 Å². The highest BCUT2D eigenvalue weighted by molar-refractivity contribution is 6.23. The van der Waals surface area contributed by atoms with Gasteiger partial charge in [-0.1, -0.05) is 121 Å². The highest BCUT2D eigenvalue weighted by Gasteiger charge is 2.48. The van der Waals surface area contributed by atoms with E-state index in [0.29, 0.717) is 0 Å². The van der Waals surface area contributed by atoms with Gasteiger partial charge in [0.05, 0.1) is 16.7 Å². The van der Waals surface area contributed by atoms with Crippen molar-refractivity contribution in [1.82, 2.24) is 9.14 Å². The van der Waals surface area contributed by atoms with Crippen LogP contribution in [0.15, 0.2) is 188 Å².